The molecule has 6 aliphatic heterocycles. The molecule has 3 saturated heterocycles. The highest BCUT2D eigenvalue weighted by atomic mass is 79.9. The van der Waals surface area contributed by atoms with Gasteiger partial charge in [0.1, 0.15) is 0 Å². The summed E-state index contributed by atoms with van der Waals surface area (Å²) in [6.07, 6.45) is 7.10. The minimum Gasteiger partial charge on any atom is -0.454 e. The van der Waals surface area contributed by atoms with E-state index >= 15 is 0 Å². The summed E-state index contributed by atoms with van der Waals surface area (Å²) in [4.78, 5) is 17.6. The lowest BCUT2D eigenvalue weighted by Gasteiger charge is -2.15. The van der Waals surface area contributed by atoms with E-state index in [0.717, 1.165) is 63.7 Å². The second-order valence-corrected chi connectivity index (χ2v) is 10.6. The Hall–Kier alpha value is -2.04. The van der Waals surface area contributed by atoms with Crippen molar-refractivity contribution in [3.63, 3.8) is 0 Å². The van der Waals surface area contributed by atoms with Crippen LogP contribution in [-0.2, 0) is 6.54 Å². The first-order valence-corrected chi connectivity index (χ1v) is 12.3. The minimum atomic E-state index is 0.246. The molecule has 0 saturated carbocycles. The first-order valence-electron chi connectivity index (χ1n) is 10.7. The third kappa shape index (κ3) is 2.87. The molecule has 2 unspecified atom stereocenters. The number of nitrogens with zero attached hydrogens (tertiary/aromatic N) is 5. The zero-order valence-corrected chi connectivity index (χ0v) is 19.1. The largest absolute Gasteiger partial charge is 0.454 e. The van der Waals surface area contributed by atoms with Crippen molar-refractivity contribution in [1.29, 1.82) is 0 Å². The van der Waals surface area contributed by atoms with Crippen molar-refractivity contribution in [2.75, 3.05) is 12.5 Å². The number of imidazole rings is 1. The molecule has 0 amide bonds. The predicted molar refractivity (Wildman–Crippen MR) is 118 cm³/mol. The quantitative estimate of drug-likeness (QED) is 0.531. The normalized spacial score (nSPS) is 29.6. The third-order valence-corrected chi connectivity index (χ3v) is 8.99. The molecule has 1 aromatic carbocycles. The Morgan fingerprint density at radius 1 is 1.19 bits per heavy atom. The molecule has 8 nitrogen and oxygen atoms in total. The molecule has 3 fully saturated rings. The second-order valence-electron chi connectivity index (χ2n) is 8.76. The molecular weight excluding hydrogens is 480 g/mol. The van der Waals surface area contributed by atoms with Crippen LogP contribution in [0, 0.1) is 5.92 Å². The van der Waals surface area contributed by atoms with Gasteiger partial charge in [-0.15, -0.1) is 0 Å². The smallest absolute Gasteiger partial charge is 0.231 e. The van der Waals surface area contributed by atoms with E-state index in [-0.39, 0.29) is 6.79 Å². The van der Waals surface area contributed by atoms with Crippen molar-refractivity contribution in [3.8, 4) is 23.0 Å². The number of halogens is 1. The number of aromatic nitrogens is 4. The maximum Gasteiger partial charge on any atom is 0.231 e. The summed E-state index contributed by atoms with van der Waals surface area (Å²) in [5.74, 6) is 3.49. The van der Waals surface area contributed by atoms with Crippen molar-refractivity contribution in [1.82, 2.24) is 24.4 Å². The average molecular weight is 501 g/mol. The number of anilines is 1. The summed E-state index contributed by atoms with van der Waals surface area (Å²) in [6, 6.07) is 6.41. The Morgan fingerprint density at radius 3 is 2.90 bits per heavy atom. The highest BCUT2D eigenvalue weighted by Crippen LogP contribution is 2.56. The average Bonchev–Trinajstić information content (AvgIpc) is 3.17. The molecule has 0 aromatic heterocycles. The monoisotopic (exact) mass is 500 g/mol. The number of hydrogen-bond donors (Lipinski definition) is 1. The fraction of sp³-hybridized carbons (Fsp3) is 0.476. The first-order chi connectivity index (χ1) is 15.2. The molecule has 1 aromatic rings. The van der Waals surface area contributed by atoms with Crippen molar-refractivity contribution < 1.29 is 9.47 Å². The maximum atomic E-state index is 6.14. The Labute approximate surface area is 192 Å². The molecule has 6 heterocycles. The van der Waals surface area contributed by atoms with Crippen molar-refractivity contribution >= 4 is 33.5 Å². The van der Waals surface area contributed by atoms with Crippen LogP contribution in [0.15, 0.2) is 33.0 Å². The van der Waals surface area contributed by atoms with E-state index in [1.54, 1.807) is 0 Å². The molecule has 6 aliphatic rings. The van der Waals surface area contributed by atoms with Crippen molar-refractivity contribution in [3.05, 3.63) is 22.9 Å². The van der Waals surface area contributed by atoms with E-state index in [9.17, 15) is 0 Å². The van der Waals surface area contributed by atoms with Gasteiger partial charge in [-0.25, -0.2) is 15.0 Å². The number of piperidine rings is 2. The maximum absolute atomic E-state index is 6.14. The van der Waals surface area contributed by atoms with Crippen LogP contribution in [0.2, 0.25) is 0 Å². The summed E-state index contributed by atoms with van der Waals surface area (Å²) >= 11 is 5.08. The predicted octanol–water partition coefficient (Wildman–Crippen LogP) is 3.63. The number of ether oxygens (including phenoxy) is 2. The SMILES string of the molecule is Nc1ncn(CC[C@H]2C[C@H]3CC[C@H]4C2N34)c2nc(Sc3cc4c(cc3Br)OCO4)nc1-2. The molecule has 7 rings (SSSR count). The van der Waals surface area contributed by atoms with Gasteiger partial charge in [-0.05, 0) is 71.4 Å². The Morgan fingerprint density at radius 2 is 2.06 bits per heavy atom. The summed E-state index contributed by atoms with van der Waals surface area (Å²) < 4.78 is 14.0. The van der Waals surface area contributed by atoms with Gasteiger partial charge in [0.2, 0.25) is 6.79 Å². The Balaban J connectivity index is 1.14. The first kappa shape index (κ1) is 18.5. The Bertz CT molecular complexity index is 1170. The lowest BCUT2D eigenvalue weighted by atomic mass is 9.96. The highest BCUT2D eigenvalue weighted by Gasteiger charge is 2.63. The van der Waals surface area contributed by atoms with Gasteiger partial charge in [-0.3, -0.25) is 4.90 Å². The van der Waals surface area contributed by atoms with E-state index < -0.39 is 0 Å². The van der Waals surface area contributed by atoms with Crippen LogP contribution >= 0.6 is 27.7 Å². The van der Waals surface area contributed by atoms with Gasteiger partial charge in [0.15, 0.2) is 34.0 Å². The molecule has 2 N–H and O–H groups in total. The number of nitrogen functional groups attached to an aromatic ring is 1. The molecular formula is C21H21BrN6O2S. The number of fused-ring (bicyclic) bond motifs is 3. The molecule has 10 heteroatoms. The van der Waals surface area contributed by atoms with E-state index in [4.69, 9.17) is 20.2 Å². The van der Waals surface area contributed by atoms with E-state index in [2.05, 4.69) is 35.4 Å². The summed E-state index contributed by atoms with van der Waals surface area (Å²) in [6.45, 7) is 1.14. The molecule has 0 bridgehead atoms. The van der Waals surface area contributed by atoms with Crippen molar-refractivity contribution in [2.24, 2.45) is 5.92 Å². The number of benzene rings is 1. The standard InChI is InChI=1S/C21H21BrN6O2S/c22-12-6-14-15(30-9-29-14)7-16(12)31-21-25-17-19(23)24-8-27(20(17)26-21)4-3-10-5-11-1-2-13-18(10)28(11)13/h6-8,10-11,13,18H,1-5,9,23H2/t10-,11+,13-,18?,28?/m0/s1. The summed E-state index contributed by atoms with van der Waals surface area (Å²) in [5.41, 5.74) is 6.81. The van der Waals surface area contributed by atoms with Crippen LogP contribution in [0.25, 0.3) is 11.5 Å². The second kappa shape index (κ2) is 6.73. The Kier molecular flexibility index (Phi) is 4.02. The zero-order chi connectivity index (χ0) is 20.7. The van der Waals surface area contributed by atoms with E-state index in [0.29, 0.717) is 16.7 Å². The van der Waals surface area contributed by atoms with E-state index in [1.165, 1.54) is 31.0 Å². The highest BCUT2D eigenvalue weighted by molar-refractivity contribution is 9.10. The fourth-order valence-electron chi connectivity index (χ4n) is 5.76. The van der Waals surface area contributed by atoms with Crippen LogP contribution in [0.1, 0.15) is 25.7 Å². The van der Waals surface area contributed by atoms with Crippen LogP contribution in [0.5, 0.6) is 11.5 Å². The minimum absolute atomic E-state index is 0.246. The molecule has 160 valence electrons. The van der Waals surface area contributed by atoms with Crippen LogP contribution in [0.3, 0.4) is 0 Å². The molecule has 0 spiro atoms. The van der Waals surface area contributed by atoms with Gasteiger partial charge in [0, 0.05) is 34.0 Å². The van der Waals surface area contributed by atoms with Gasteiger partial charge in [-0.1, -0.05) is 0 Å². The third-order valence-electron chi connectivity index (χ3n) is 7.15. The number of nitrogens with two attached hydrogens (primary N) is 1. The topological polar surface area (TPSA) is 91.1 Å². The lowest BCUT2D eigenvalue weighted by Crippen LogP contribution is -2.15. The van der Waals surface area contributed by atoms with Crippen LogP contribution < -0.4 is 15.2 Å². The van der Waals surface area contributed by atoms with E-state index in [1.807, 2.05) is 18.5 Å². The zero-order valence-electron chi connectivity index (χ0n) is 16.7. The van der Waals surface area contributed by atoms with Gasteiger partial charge >= 0.3 is 0 Å². The van der Waals surface area contributed by atoms with Crippen LogP contribution in [-0.4, -0.2) is 49.3 Å². The number of aryl methyl sites for hydroxylation is 1. The number of rotatable bonds is 5. The van der Waals surface area contributed by atoms with Crippen LogP contribution in [0.4, 0.5) is 5.82 Å². The molecule has 31 heavy (non-hydrogen) atoms. The summed E-state index contributed by atoms with van der Waals surface area (Å²) in [5, 5.41) is 0.648. The molecule has 0 radical (unpaired) electrons. The number of hydrogen-bond acceptors (Lipinski definition) is 8. The van der Waals surface area contributed by atoms with Gasteiger partial charge in [0.25, 0.3) is 0 Å². The van der Waals surface area contributed by atoms with Gasteiger partial charge < -0.3 is 19.8 Å². The summed E-state index contributed by atoms with van der Waals surface area (Å²) in [7, 11) is 0. The molecule has 5 atom stereocenters. The lowest BCUT2D eigenvalue weighted by molar-refractivity contribution is 0.174. The van der Waals surface area contributed by atoms with Gasteiger partial charge in [-0.2, -0.15) is 0 Å². The molecule has 0 aliphatic carbocycles. The fourth-order valence-corrected chi connectivity index (χ4v) is 7.12. The van der Waals surface area contributed by atoms with Gasteiger partial charge in [0.05, 0.1) is 6.33 Å². The van der Waals surface area contributed by atoms with Crippen molar-refractivity contribution in [2.45, 2.75) is 60.4 Å².